The molecule has 0 spiro atoms. The first kappa shape index (κ1) is 18.0. The Balaban J connectivity index is 2.06. The van der Waals surface area contributed by atoms with Crippen molar-refractivity contribution in [1.29, 1.82) is 0 Å². The molecule has 0 aliphatic carbocycles. The van der Waals surface area contributed by atoms with Crippen molar-refractivity contribution in [3.05, 3.63) is 47.0 Å². The van der Waals surface area contributed by atoms with Crippen LogP contribution in [0.15, 0.2) is 35.8 Å². The molecule has 4 N–H and O–H groups in total. The van der Waals surface area contributed by atoms with Crippen molar-refractivity contribution in [1.82, 2.24) is 9.97 Å². The van der Waals surface area contributed by atoms with Gasteiger partial charge in [-0.05, 0) is 43.0 Å². The van der Waals surface area contributed by atoms with Gasteiger partial charge in [0, 0.05) is 23.1 Å². The molecule has 0 radical (unpaired) electrons. The van der Waals surface area contributed by atoms with Crippen molar-refractivity contribution in [3.8, 4) is 21.9 Å². The lowest BCUT2D eigenvalue weighted by atomic mass is 10.0. The van der Waals surface area contributed by atoms with Crippen LogP contribution in [-0.2, 0) is 6.42 Å². The summed E-state index contributed by atoms with van der Waals surface area (Å²) in [6.07, 6.45) is 2.22. The average molecular weight is 370 g/mol. The summed E-state index contributed by atoms with van der Waals surface area (Å²) in [6.45, 7) is 5.08. The number of nitrogen functional groups attached to an aromatic ring is 2. The fourth-order valence-electron chi connectivity index (χ4n) is 2.74. The average Bonchev–Trinajstić information content (AvgIpc) is 3.12. The Kier molecular flexibility index (Phi) is 5.58. The minimum absolute atomic E-state index is 0.171. The Morgan fingerprint density at radius 2 is 1.77 bits per heavy atom. The van der Waals surface area contributed by atoms with E-state index in [0.29, 0.717) is 25.5 Å². The van der Waals surface area contributed by atoms with Crippen molar-refractivity contribution < 1.29 is 9.47 Å². The Bertz CT molecular complexity index is 854. The highest BCUT2D eigenvalue weighted by Gasteiger charge is 2.17. The predicted octanol–water partition coefficient (Wildman–Crippen LogP) is 3.76. The summed E-state index contributed by atoms with van der Waals surface area (Å²) in [5, 5.41) is 2.04. The predicted molar refractivity (Wildman–Crippen MR) is 106 cm³/mol. The first-order chi connectivity index (χ1) is 12.6. The number of anilines is 2. The topological polar surface area (TPSA) is 96.3 Å². The van der Waals surface area contributed by atoms with Gasteiger partial charge in [-0.2, -0.15) is 4.98 Å². The maximum Gasteiger partial charge on any atom is 0.221 e. The number of hydrogen-bond donors (Lipinski definition) is 2. The second-order valence-corrected chi connectivity index (χ2v) is 6.57. The van der Waals surface area contributed by atoms with Crippen LogP contribution in [0.4, 0.5) is 11.8 Å². The maximum atomic E-state index is 5.98. The molecule has 0 unspecified atom stereocenters. The highest BCUT2D eigenvalue weighted by molar-refractivity contribution is 7.13. The van der Waals surface area contributed by atoms with Gasteiger partial charge in [0.1, 0.15) is 17.3 Å². The van der Waals surface area contributed by atoms with E-state index in [-0.39, 0.29) is 5.95 Å². The third-order valence-electron chi connectivity index (χ3n) is 3.80. The van der Waals surface area contributed by atoms with Gasteiger partial charge in [-0.1, -0.05) is 6.07 Å². The van der Waals surface area contributed by atoms with Crippen LogP contribution in [0.5, 0.6) is 11.5 Å². The summed E-state index contributed by atoms with van der Waals surface area (Å²) in [5.74, 6) is 2.15. The molecule has 0 amide bonds. The van der Waals surface area contributed by atoms with Crippen molar-refractivity contribution in [2.24, 2.45) is 0 Å². The van der Waals surface area contributed by atoms with Gasteiger partial charge in [0.15, 0.2) is 0 Å². The molecule has 2 heterocycles. The van der Waals surface area contributed by atoms with E-state index < -0.39 is 0 Å². The number of rotatable bonds is 7. The van der Waals surface area contributed by atoms with E-state index in [4.69, 9.17) is 20.9 Å². The number of nitrogens with zero attached hydrogens (tertiary/aromatic N) is 2. The molecule has 0 aliphatic heterocycles. The van der Waals surface area contributed by atoms with Gasteiger partial charge in [-0.15, -0.1) is 11.3 Å². The Morgan fingerprint density at radius 1 is 1.08 bits per heavy atom. The van der Waals surface area contributed by atoms with E-state index in [1.54, 1.807) is 17.5 Å². The molecule has 136 valence electrons. The SMILES string of the molecule is CCOc1cc(Cc2cnc(N)nc2N)cc(OCC)c1-c1cccs1. The van der Waals surface area contributed by atoms with Crippen LogP contribution >= 0.6 is 11.3 Å². The van der Waals surface area contributed by atoms with Crippen LogP contribution in [0, 0.1) is 0 Å². The lowest BCUT2D eigenvalue weighted by Crippen LogP contribution is -2.05. The molecule has 2 aromatic heterocycles. The second kappa shape index (κ2) is 8.05. The molecule has 0 saturated carbocycles. The lowest BCUT2D eigenvalue weighted by Gasteiger charge is -2.17. The molecule has 0 bridgehead atoms. The van der Waals surface area contributed by atoms with Crippen LogP contribution in [0.1, 0.15) is 25.0 Å². The van der Waals surface area contributed by atoms with Gasteiger partial charge in [0.2, 0.25) is 5.95 Å². The zero-order valence-electron chi connectivity index (χ0n) is 14.9. The van der Waals surface area contributed by atoms with Gasteiger partial charge in [-0.3, -0.25) is 0 Å². The molecule has 1 aromatic carbocycles. The van der Waals surface area contributed by atoms with Crippen LogP contribution in [0.3, 0.4) is 0 Å². The second-order valence-electron chi connectivity index (χ2n) is 5.63. The van der Waals surface area contributed by atoms with Crippen molar-refractivity contribution in [3.63, 3.8) is 0 Å². The summed E-state index contributed by atoms with van der Waals surface area (Å²) in [4.78, 5) is 9.18. The maximum absolute atomic E-state index is 5.98. The fourth-order valence-corrected chi connectivity index (χ4v) is 3.52. The summed E-state index contributed by atoms with van der Waals surface area (Å²) >= 11 is 1.66. The molecule has 0 fully saturated rings. The molecule has 0 aliphatic rings. The normalized spacial score (nSPS) is 10.7. The fraction of sp³-hybridized carbons (Fsp3) is 0.263. The van der Waals surface area contributed by atoms with Crippen LogP contribution in [0.25, 0.3) is 10.4 Å². The quantitative estimate of drug-likeness (QED) is 0.657. The van der Waals surface area contributed by atoms with Crippen LogP contribution in [0.2, 0.25) is 0 Å². The first-order valence-corrected chi connectivity index (χ1v) is 9.33. The third-order valence-corrected chi connectivity index (χ3v) is 4.69. The van der Waals surface area contributed by atoms with Crippen LogP contribution in [-0.4, -0.2) is 23.2 Å². The zero-order chi connectivity index (χ0) is 18.5. The van der Waals surface area contributed by atoms with Crippen molar-refractivity contribution in [2.75, 3.05) is 24.7 Å². The molecule has 6 nitrogen and oxygen atoms in total. The van der Waals surface area contributed by atoms with Gasteiger partial charge in [0.25, 0.3) is 0 Å². The van der Waals surface area contributed by atoms with Gasteiger partial charge in [-0.25, -0.2) is 4.98 Å². The van der Waals surface area contributed by atoms with E-state index in [1.807, 2.05) is 37.4 Å². The van der Waals surface area contributed by atoms with Crippen molar-refractivity contribution in [2.45, 2.75) is 20.3 Å². The Morgan fingerprint density at radius 3 is 2.31 bits per heavy atom. The van der Waals surface area contributed by atoms with Crippen LogP contribution < -0.4 is 20.9 Å². The molecule has 0 atom stereocenters. The highest BCUT2D eigenvalue weighted by atomic mass is 32.1. The monoisotopic (exact) mass is 370 g/mol. The van der Waals surface area contributed by atoms with E-state index in [9.17, 15) is 0 Å². The minimum atomic E-state index is 0.171. The third kappa shape index (κ3) is 3.88. The summed E-state index contributed by atoms with van der Waals surface area (Å²) < 4.78 is 11.8. The lowest BCUT2D eigenvalue weighted by molar-refractivity contribution is 0.325. The number of hydrogen-bond acceptors (Lipinski definition) is 7. The van der Waals surface area contributed by atoms with E-state index >= 15 is 0 Å². The number of nitrogens with two attached hydrogens (primary N) is 2. The minimum Gasteiger partial charge on any atom is -0.493 e. The summed E-state index contributed by atoms with van der Waals surface area (Å²) in [6, 6.07) is 8.13. The smallest absolute Gasteiger partial charge is 0.221 e. The summed E-state index contributed by atoms with van der Waals surface area (Å²) in [7, 11) is 0. The number of ether oxygens (including phenoxy) is 2. The molecule has 3 aromatic rings. The molecule has 3 rings (SSSR count). The Labute approximate surface area is 156 Å². The van der Waals surface area contributed by atoms with Gasteiger partial charge < -0.3 is 20.9 Å². The summed E-state index contributed by atoms with van der Waals surface area (Å²) in [5.41, 5.74) is 14.4. The van der Waals surface area contributed by atoms with Crippen molar-refractivity contribution >= 4 is 23.1 Å². The van der Waals surface area contributed by atoms with Gasteiger partial charge in [0.05, 0.1) is 18.8 Å². The standard InChI is InChI=1S/C19H22N4O2S/c1-3-24-14-9-12(8-13-11-22-19(21)23-18(13)20)10-15(25-4-2)17(14)16-6-5-7-26-16/h5-7,9-11H,3-4,8H2,1-2H3,(H4,20,21,22,23). The van der Waals surface area contributed by atoms with Gasteiger partial charge >= 0.3 is 0 Å². The zero-order valence-corrected chi connectivity index (χ0v) is 15.7. The van der Waals surface area contributed by atoms with E-state index in [1.165, 1.54) is 0 Å². The van der Waals surface area contributed by atoms with E-state index in [0.717, 1.165) is 33.1 Å². The molecule has 0 saturated heterocycles. The van der Waals surface area contributed by atoms with E-state index in [2.05, 4.69) is 16.0 Å². The first-order valence-electron chi connectivity index (χ1n) is 8.45. The Hall–Kier alpha value is -2.80. The molecular weight excluding hydrogens is 348 g/mol. The molecule has 7 heteroatoms. The highest BCUT2D eigenvalue weighted by Crippen LogP contribution is 2.42. The number of thiophene rings is 1. The number of aromatic nitrogens is 2. The largest absolute Gasteiger partial charge is 0.493 e. The molecular formula is C19H22N4O2S. The number of benzene rings is 1. The molecule has 26 heavy (non-hydrogen) atoms.